The molecule has 1 amide bonds. The molecule has 2 unspecified atom stereocenters. The third-order valence-electron chi connectivity index (χ3n) is 0.901. The minimum Gasteiger partial charge on any atom is -0.390 e. The van der Waals surface area contributed by atoms with Gasteiger partial charge in [0.2, 0.25) is 5.91 Å². The molecule has 0 aliphatic heterocycles. The largest absolute Gasteiger partial charge is 0.390 e. The number of aliphatic hydroxyl groups is 1. The van der Waals surface area contributed by atoms with Gasteiger partial charge in [-0.05, 0) is 0 Å². The second-order valence-electron chi connectivity index (χ2n) is 1.65. The summed E-state index contributed by atoms with van der Waals surface area (Å²) >= 11 is 5.15. The summed E-state index contributed by atoms with van der Waals surface area (Å²) in [6, 6.07) is -1.05. The summed E-state index contributed by atoms with van der Waals surface area (Å²) in [6.45, 7) is 0. The number of amides is 1. The van der Waals surface area contributed by atoms with E-state index < -0.39 is 18.1 Å². The first kappa shape index (κ1) is 12.6. The second-order valence-corrected chi connectivity index (χ2v) is 1.96. The van der Waals surface area contributed by atoms with E-state index in [4.69, 9.17) is 28.2 Å². The Morgan fingerprint density at radius 2 is 2.10 bits per heavy atom. The lowest BCUT2D eigenvalue weighted by atomic mass is 10.2. The van der Waals surface area contributed by atoms with Crippen LogP contribution in [0.1, 0.15) is 0 Å². The van der Waals surface area contributed by atoms with E-state index in [1.54, 1.807) is 0 Å². The van der Waals surface area contributed by atoms with E-state index >= 15 is 0 Å². The Balaban J connectivity index is 0. The number of hydrogen-bond donors (Lipinski definition) is 3. The average molecular weight is 189 g/mol. The Hall–Kier alpha value is -0.0300. The van der Waals surface area contributed by atoms with Crippen LogP contribution < -0.4 is 11.5 Å². The molecule has 0 aromatic heterocycles. The standard InChI is InChI=1S/C4H9ClN2O2.ClH/c5-1-2(8)3(6)4(7)9;/h2-3,8H,1,6H2,(H2,7,9);1H. The first-order valence-electron chi connectivity index (χ1n) is 2.38. The maximum atomic E-state index is 10.2. The number of carbonyl (C=O) groups is 1. The van der Waals surface area contributed by atoms with Gasteiger partial charge in [-0.1, -0.05) is 0 Å². The molecule has 10 heavy (non-hydrogen) atoms. The van der Waals surface area contributed by atoms with Gasteiger partial charge in [-0.15, -0.1) is 24.0 Å². The summed E-state index contributed by atoms with van der Waals surface area (Å²) in [7, 11) is 0. The Bertz CT molecular complexity index is 111. The fraction of sp³-hybridized carbons (Fsp3) is 0.750. The molecule has 0 aliphatic rings. The van der Waals surface area contributed by atoms with Crippen molar-refractivity contribution in [2.45, 2.75) is 12.1 Å². The molecule has 0 aromatic rings. The Morgan fingerprint density at radius 1 is 1.70 bits per heavy atom. The lowest BCUT2D eigenvalue weighted by Crippen LogP contribution is -2.46. The number of rotatable bonds is 3. The van der Waals surface area contributed by atoms with Gasteiger partial charge < -0.3 is 16.6 Å². The van der Waals surface area contributed by atoms with Crippen LogP contribution in [0.2, 0.25) is 0 Å². The van der Waals surface area contributed by atoms with Crippen LogP contribution in [0, 0.1) is 0 Å². The van der Waals surface area contributed by atoms with Crippen molar-refractivity contribution in [2.24, 2.45) is 11.5 Å². The molecule has 0 aromatic carbocycles. The summed E-state index contributed by atoms with van der Waals surface area (Å²) in [5, 5.41) is 8.74. The maximum Gasteiger partial charge on any atom is 0.237 e. The van der Waals surface area contributed by atoms with Gasteiger partial charge >= 0.3 is 0 Å². The van der Waals surface area contributed by atoms with Crippen LogP contribution >= 0.6 is 24.0 Å². The summed E-state index contributed by atoms with van der Waals surface area (Å²) in [6.07, 6.45) is -1.04. The van der Waals surface area contributed by atoms with Crippen molar-refractivity contribution in [1.29, 1.82) is 0 Å². The molecule has 0 fully saturated rings. The van der Waals surface area contributed by atoms with E-state index in [2.05, 4.69) is 0 Å². The highest BCUT2D eigenvalue weighted by molar-refractivity contribution is 6.18. The van der Waals surface area contributed by atoms with Crippen LogP contribution in [0.25, 0.3) is 0 Å². The van der Waals surface area contributed by atoms with Crippen molar-refractivity contribution in [3.05, 3.63) is 0 Å². The van der Waals surface area contributed by atoms with Crippen molar-refractivity contribution in [3.63, 3.8) is 0 Å². The molecule has 0 radical (unpaired) electrons. The lowest BCUT2D eigenvalue weighted by Gasteiger charge is -2.11. The molecule has 2 atom stereocenters. The number of nitrogens with two attached hydrogens (primary N) is 2. The monoisotopic (exact) mass is 188 g/mol. The van der Waals surface area contributed by atoms with E-state index in [9.17, 15) is 4.79 Å². The van der Waals surface area contributed by atoms with Crippen LogP contribution in [0.15, 0.2) is 0 Å². The first-order chi connectivity index (χ1) is 4.09. The van der Waals surface area contributed by atoms with Gasteiger partial charge in [0.25, 0.3) is 0 Å². The van der Waals surface area contributed by atoms with Crippen LogP contribution in [0.4, 0.5) is 0 Å². The molecule has 62 valence electrons. The average Bonchev–Trinajstić information content (AvgIpc) is 1.84. The van der Waals surface area contributed by atoms with E-state index in [-0.39, 0.29) is 18.3 Å². The number of hydrogen-bond acceptors (Lipinski definition) is 3. The molecule has 0 spiro atoms. The Labute approximate surface area is 69.9 Å². The molecule has 0 bridgehead atoms. The van der Waals surface area contributed by atoms with Crippen molar-refractivity contribution >= 4 is 29.9 Å². The van der Waals surface area contributed by atoms with Crippen LogP contribution in [-0.4, -0.2) is 29.0 Å². The van der Waals surface area contributed by atoms with Gasteiger partial charge in [-0.2, -0.15) is 0 Å². The molecule has 5 N–H and O–H groups in total. The van der Waals surface area contributed by atoms with Crippen molar-refractivity contribution in [1.82, 2.24) is 0 Å². The predicted molar refractivity (Wildman–Crippen MR) is 41.1 cm³/mol. The smallest absolute Gasteiger partial charge is 0.237 e. The normalized spacial score (nSPS) is 15.1. The number of aliphatic hydroxyl groups excluding tert-OH is 1. The maximum absolute atomic E-state index is 10.2. The predicted octanol–water partition coefficient (Wildman–Crippen LogP) is -1.18. The summed E-state index contributed by atoms with van der Waals surface area (Å²) in [5.74, 6) is -0.826. The fourth-order valence-corrected chi connectivity index (χ4v) is 0.478. The third kappa shape index (κ3) is 3.90. The number of halogens is 2. The quantitative estimate of drug-likeness (QED) is 0.488. The second kappa shape index (κ2) is 5.73. The zero-order chi connectivity index (χ0) is 7.44. The van der Waals surface area contributed by atoms with Gasteiger partial charge in [0.15, 0.2) is 0 Å². The highest BCUT2D eigenvalue weighted by atomic mass is 35.5. The fourth-order valence-electron chi connectivity index (χ4n) is 0.286. The van der Waals surface area contributed by atoms with E-state index in [0.29, 0.717) is 0 Å². The molecular formula is C4H10Cl2N2O2. The van der Waals surface area contributed by atoms with Gasteiger partial charge in [0.1, 0.15) is 6.04 Å². The molecule has 0 rings (SSSR count). The number of carbonyl (C=O) groups excluding carboxylic acids is 1. The van der Waals surface area contributed by atoms with E-state index in [0.717, 1.165) is 0 Å². The highest BCUT2D eigenvalue weighted by Gasteiger charge is 2.18. The summed E-state index contributed by atoms with van der Waals surface area (Å²) < 4.78 is 0. The zero-order valence-corrected chi connectivity index (χ0v) is 6.73. The van der Waals surface area contributed by atoms with Crippen molar-refractivity contribution in [3.8, 4) is 0 Å². The molecule has 0 aliphatic carbocycles. The number of primary amides is 1. The van der Waals surface area contributed by atoms with Gasteiger partial charge in [0.05, 0.1) is 12.0 Å². The highest BCUT2D eigenvalue weighted by Crippen LogP contribution is 1.91. The van der Waals surface area contributed by atoms with Crippen LogP contribution in [-0.2, 0) is 4.79 Å². The van der Waals surface area contributed by atoms with Crippen LogP contribution in [0.3, 0.4) is 0 Å². The SMILES string of the molecule is Cl.NC(=O)C(N)C(O)CCl. The molecule has 0 heterocycles. The molecule has 0 saturated carbocycles. The number of alkyl halides is 1. The molecular weight excluding hydrogens is 179 g/mol. The minimum absolute atomic E-state index is 0. The van der Waals surface area contributed by atoms with Gasteiger partial charge in [0, 0.05) is 0 Å². The third-order valence-corrected chi connectivity index (χ3v) is 1.22. The summed E-state index contributed by atoms with van der Waals surface area (Å²) in [4.78, 5) is 10.2. The zero-order valence-electron chi connectivity index (χ0n) is 5.16. The first-order valence-corrected chi connectivity index (χ1v) is 2.92. The summed E-state index contributed by atoms with van der Waals surface area (Å²) in [5.41, 5.74) is 9.79. The minimum atomic E-state index is -1.05. The lowest BCUT2D eigenvalue weighted by molar-refractivity contribution is -0.121. The van der Waals surface area contributed by atoms with Crippen molar-refractivity contribution < 1.29 is 9.90 Å². The van der Waals surface area contributed by atoms with E-state index in [1.165, 1.54) is 0 Å². The Kier molecular flexibility index (Phi) is 7.24. The van der Waals surface area contributed by atoms with Crippen LogP contribution in [0.5, 0.6) is 0 Å². The topological polar surface area (TPSA) is 89.3 Å². The molecule has 0 saturated heterocycles. The Morgan fingerprint density at radius 3 is 2.20 bits per heavy atom. The van der Waals surface area contributed by atoms with Gasteiger partial charge in [-0.25, -0.2) is 0 Å². The van der Waals surface area contributed by atoms with Gasteiger partial charge in [-0.3, -0.25) is 4.79 Å². The molecule has 4 nitrogen and oxygen atoms in total. The van der Waals surface area contributed by atoms with E-state index in [1.807, 2.05) is 0 Å². The van der Waals surface area contributed by atoms with Crippen molar-refractivity contribution in [2.75, 3.05) is 5.88 Å². The molecule has 6 heteroatoms.